The highest BCUT2D eigenvalue weighted by molar-refractivity contribution is 5.70. The van der Waals surface area contributed by atoms with Gasteiger partial charge in [-0.25, -0.2) is 0 Å². The summed E-state index contributed by atoms with van der Waals surface area (Å²) in [4.78, 5) is 41.4. The van der Waals surface area contributed by atoms with E-state index in [1.165, 1.54) is 136 Å². The number of hydrogen-bond donors (Lipinski definition) is 0. The lowest BCUT2D eigenvalue weighted by molar-refractivity contribution is -0.144. The second kappa shape index (κ2) is 37.3. The minimum atomic E-state index is -0.150. The predicted molar refractivity (Wildman–Crippen MR) is 220 cm³/mol. The smallest absolute Gasteiger partial charge is 0.307 e. The van der Waals surface area contributed by atoms with Gasteiger partial charge in [0.15, 0.2) is 0 Å². The highest BCUT2D eigenvalue weighted by Gasteiger charge is 2.21. The number of ether oxygens (including phenoxy) is 3. The van der Waals surface area contributed by atoms with Gasteiger partial charge < -0.3 is 24.0 Å². The molecule has 0 N–H and O–H groups in total. The Morgan fingerprint density at radius 2 is 0.887 bits per heavy atom. The number of hydrogen-bond acceptors (Lipinski definition) is 8. The summed E-state index contributed by atoms with van der Waals surface area (Å²) >= 11 is 0. The molecule has 0 saturated carbocycles. The Hall–Kier alpha value is -1.67. The van der Waals surface area contributed by atoms with Crippen LogP contribution in [0.2, 0.25) is 0 Å². The number of likely N-dealkylation sites (tertiary alicyclic amines) is 1. The van der Waals surface area contributed by atoms with E-state index in [0.29, 0.717) is 51.5 Å². The van der Waals surface area contributed by atoms with Crippen molar-refractivity contribution in [3.05, 3.63) is 0 Å². The van der Waals surface area contributed by atoms with E-state index in [4.69, 9.17) is 14.2 Å². The third kappa shape index (κ3) is 32.3. The first-order chi connectivity index (χ1) is 26.0. The number of carbonyl (C=O) groups is 3. The second-order valence-electron chi connectivity index (χ2n) is 16.0. The molecular formula is C45H86N2O6. The standard InChI is InChI=1S/C45H86N2O6/c1-4-6-8-10-12-14-16-18-20-22-24-26-40-52-44(49)32-38-47(36-30-42-28-34-46(35-29-42)37-31-43(48)51-3)39-33-45(50)53-41-27-25-23-21-19-17-15-13-11-9-7-5-2/h42H,4-41H2,1-3H3. The molecule has 312 valence electrons. The highest BCUT2D eigenvalue weighted by Crippen LogP contribution is 2.21. The zero-order chi connectivity index (χ0) is 38.5. The number of nitrogens with zero attached hydrogens (tertiary/aromatic N) is 2. The van der Waals surface area contributed by atoms with Crippen LogP contribution in [0.4, 0.5) is 0 Å². The van der Waals surface area contributed by atoms with Gasteiger partial charge in [-0.05, 0) is 57.7 Å². The van der Waals surface area contributed by atoms with Crippen LogP contribution in [0.15, 0.2) is 0 Å². The molecule has 0 aliphatic carbocycles. The minimum absolute atomic E-state index is 0.133. The van der Waals surface area contributed by atoms with Crippen molar-refractivity contribution >= 4 is 17.9 Å². The Balaban J connectivity index is 2.28. The lowest BCUT2D eigenvalue weighted by Gasteiger charge is -2.33. The van der Waals surface area contributed by atoms with Crippen molar-refractivity contribution in [2.24, 2.45) is 5.92 Å². The third-order valence-electron chi connectivity index (χ3n) is 11.2. The SMILES string of the molecule is CCCCCCCCCCCCCCOC(=O)CCN(CCC(=O)OCCCCCCCCCCCCCC)CCC1CCN(CCC(=O)OC)CC1. The van der Waals surface area contributed by atoms with Crippen LogP contribution in [0.3, 0.4) is 0 Å². The fourth-order valence-corrected chi connectivity index (χ4v) is 7.45. The van der Waals surface area contributed by atoms with Crippen LogP contribution >= 0.6 is 0 Å². The van der Waals surface area contributed by atoms with Crippen molar-refractivity contribution in [3.8, 4) is 0 Å². The largest absolute Gasteiger partial charge is 0.469 e. The Bertz CT molecular complexity index is 801. The third-order valence-corrected chi connectivity index (χ3v) is 11.2. The maximum atomic E-state index is 12.6. The minimum Gasteiger partial charge on any atom is -0.469 e. The topological polar surface area (TPSA) is 85.4 Å². The Kier molecular flexibility index (Phi) is 34.7. The average Bonchev–Trinajstić information content (AvgIpc) is 3.17. The summed E-state index contributed by atoms with van der Waals surface area (Å²) in [5, 5.41) is 0. The maximum Gasteiger partial charge on any atom is 0.307 e. The summed E-state index contributed by atoms with van der Waals surface area (Å²) < 4.78 is 16.0. The molecule has 1 saturated heterocycles. The van der Waals surface area contributed by atoms with Gasteiger partial charge in [0.1, 0.15) is 0 Å². The van der Waals surface area contributed by atoms with Crippen LogP contribution in [0.25, 0.3) is 0 Å². The molecule has 1 fully saturated rings. The molecule has 0 unspecified atom stereocenters. The number of unbranched alkanes of at least 4 members (excludes halogenated alkanes) is 22. The van der Waals surface area contributed by atoms with E-state index in [1.807, 2.05) is 0 Å². The van der Waals surface area contributed by atoms with Gasteiger partial charge in [0.2, 0.25) is 0 Å². The monoisotopic (exact) mass is 751 g/mol. The molecular weight excluding hydrogens is 665 g/mol. The fraction of sp³-hybridized carbons (Fsp3) is 0.933. The molecule has 0 atom stereocenters. The van der Waals surface area contributed by atoms with Gasteiger partial charge >= 0.3 is 17.9 Å². The quantitative estimate of drug-likeness (QED) is 0.0350. The Labute approximate surface area is 327 Å². The summed E-state index contributed by atoms with van der Waals surface area (Å²) in [5.41, 5.74) is 0. The van der Waals surface area contributed by atoms with Crippen LogP contribution in [-0.4, -0.2) is 87.3 Å². The van der Waals surface area contributed by atoms with Crippen LogP contribution in [0.5, 0.6) is 0 Å². The lowest BCUT2D eigenvalue weighted by atomic mass is 9.93. The van der Waals surface area contributed by atoms with Gasteiger partial charge in [-0.15, -0.1) is 0 Å². The molecule has 0 aromatic heterocycles. The molecule has 0 aromatic rings. The molecule has 1 heterocycles. The average molecular weight is 751 g/mol. The highest BCUT2D eigenvalue weighted by atomic mass is 16.5. The van der Waals surface area contributed by atoms with E-state index in [9.17, 15) is 14.4 Å². The van der Waals surface area contributed by atoms with Gasteiger partial charge in [0.05, 0.1) is 39.6 Å². The lowest BCUT2D eigenvalue weighted by Crippen LogP contribution is -2.37. The molecule has 53 heavy (non-hydrogen) atoms. The molecule has 8 nitrogen and oxygen atoms in total. The first kappa shape index (κ1) is 49.3. The normalized spacial score (nSPS) is 13.8. The molecule has 0 spiro atoms. The van der Waals surface area contributed by atoms with E-state index in [0.717, 1.165) is 71.1 Å². The molecule has 1 aliphatic heterocycles. The number of rotatable bonds is 38. The molecule has 0 radical (unpaired) electrons. The van der Waals surface area contributed by atoms with Crippen molar-refractivity contribution in [1.82, 2.24) is 9.80 Å². The summed E-state index contributed by atoms with van der Waals surface area (Å²) in [6.45, 7) is 10.4. The van der Waals surface area contributed by atoms with E-state index in [1.54, 1.807) is 0 Å². The summed E-state index contributed by atoms with van der Waals surface area (Å²) in [6, 6.07) is 0. The molecule has 1 aliphatic rings. The van der Waals surface area contributed by atoms with Crippen LogP contribution in [-0.2, 0) is 28.6 Å². The van der Waals surface area contributed by atoms with Crippen LogP contribution in [0, 0.1) is 5.92 Å². The molecule has 8 heteroatoms. The number of carbonyl (C=O) groups excluding carboxylic acids is 3. The number of methoxy groups -OCH3 is 1. The first-order valence-electron chi connectivity index (χ1n) is 22.8. The van der Waals surface area contributed by atoms with Gasteiger partial charge in [0.25, 0.3) is 0 Å². The zero-order valence-electron chi connectivity index (χ0n) is 35.3. The molecule has 0 amide bonds. The first-order valence-corrected chi connectivity index (χ1v) is 22.8. The van der Waals surface area contributed by atoms with E-state index in [-0.39, 0.29) is 17.9 Å². The Morgan fingerprint density at radius 3 is 1.26 bits per heavy atom. The second-order valence-corrected chi connectivity index (χ2v) is 16.0. The van der Waals surface area contributed by atoms with Gasteiger partial charge in [-0.2, -0.15) is 0 Å². The number of esters is 3. The van der Waals surface area contributed by atoms with E-state index >= 15 is 0 Å². The molecule has 0 aromatic carbocycles. The van der Waals surface area contributed by atoms with Crippen molar-refractivity contribution in [2.75, 3.05) is 59.6 Å². The molecule has 0 bridgehead atoms. The van der Waals surface area contributed by atoms with Crippen molar-refractivity contribution < 1.29 is 28.6 Å². The fourth-order valence-electron chi connectivity index (χ4n) is 7.45. The zero-order valence-corrected chi connectivity index (χ0v) is 35.3. The summed E-state index contributed by atoms with van der Waals surface area (Å²) in [5.74, 6) is 0.198. The van der Waals surface area contributed by atoms with Crippen molar-refractivity contribution in [3.63, 3.8) is 0 Å². The summed E-state index contributed by atoms with van der Waals surface area (Å²) in [6.07, 6.45) is 35.4. The van der Waals surface area contributed by atoms with E-state index in [2.05, 4.69) is 23.6 Å². The van der Waals surface area contributed by atoms with Gasteiger partial charge in [-0.3, -0.25) is 14.4 Å². The number of piperidine rings is 1. The maximum absolute atomic E-state index is 12.6. The predicted octanol–water partition coefficient (Wildman–Crippen LogP) is 11.2. The van der Waals surface area contributed by atoms with Crippen LogP contribution in [0.1, 0.15) is 206 Å². The van der Waals surface area contributed by atoms with Crippen LogP contribution < -0.4 is 0 Å². The Morgan fingerprint density at radius 1 is 0.509 bits per heavy atom. The van der Waals surface area contributed by atoms with Crippen molar-refractivity contribution in [1.29, 1.82) is 0 Å². The van der Waals surface area contributed by atoms with E-state index < -0.39 is 0 Å². The summed E-state index contributed by atoms with van der Waals surface area (Å²) in [7, 11) is 1.44. The van der Waals surface area contributed by atoms with Gasteiger partial charge in [0, 0.05) is 19.6 Å². The van der Waals surface area contributed by atoms with Crippen molar-refractivity contribution in [2.45, 2.75) is 206 Å². The molecule has 1 rings (SSSR count). The van der Waals surface area contributed by atoms with Gasteiger partial charge in [-0.1, -0.05) is 155 Å².